The second-order valence-corrected chi connectivity index (χ2v) is 8.73. The Morgan fingerprint density at radius 1 is 1.28 bits per heavy atom. The summed E-state index contributed by atoms with van der Waals surface area (Å²) in [5, 5.41) is 14.1. The molecule has 25 heavy (non-hydrogen) atoms. The number of rotatable bonds is 4. The third-order valence-corrected chi connectivity index (χ3v) is 7.17. The van der Waals surface area contributed by atoms with Gasteiger partial charge in [0, 0.05) is 51.4 Å². The monoisotopic (exact) mass is 388 g/mol. The van der Waals surface area contributed by atoms with E-state index in [9.17, 15) is 18.5 Å². The highest BCUT2D eigenvalue weighted by Crippen LogP contribution is 2.35. The Labute approximate surface area is 151 Å². The molecular formula is C15H21ClN4O4S. The lowest BCUT2D eigenvalue weighted by molar-refractivity contribution is -0.385. The SMILES string of the molecule is Cc1cc([N+](=O)[O-])c(Cl)c(S(=O)(=O)N2CCC(N3CCNCC3)C2)c1. The van der Waals surface area contributed by atoms with Crippen LogP contribution in [0.1, 0.15) is 12.0 Å². The Morgan fingerprint density at radius 2 is 1.96 bits per heavy atom. The summed E-state index contributed by atoms with van der Waals surface area (Å²) in [5.41, 5.74) is 0.116. The van der Waals surface area contributed by atoms with Crippen molar-refractivity contribution in [2.45, 2.75) is 24.3 Å². The predicted octanol–water partition coefficient (Wildman–Crippen LogP) is 1.22. The number of piperazine rings is 1. The molecule has 0 bridgehead atoms. The van der Waals surface area contributed by atoms with E-state index in [-0.39, 0.29) is 21.6 Å². The fraction of sp³-hybridized carbons (Fsp3) is 0.600. The van der Waals surface area contributed by atoms with Crippen LogP contribution in [0.4, 0.5) is 5.69 Å². The molecule has 1 aromatic rings. The topological polar surface area (TPSA) is 95.8 Å². The molecule has 0 saturated carbocycles. The average Bonchev–Trinajstić information content (AvgIpc) is 3.08. The van der Waals surface area contributed by atoms with Gasteiger partial charge >= 0.3 is 0 Å². The van der Waals surface area contributed by atoms with Gasteiger partial charge in [0.25, 0.3) is 5.69 Å². The second kappa shape index (κ2) is 7.16. The minimum absolute atomic E-state index is 0.176. The molecule has 1 unspecified atom stereocenters. The molecule has 10 heteroatoms. The molecule has 2 saturated heterocycles. The van der Waals surface area contributed by atoms with Crippen molar-refractivity contribution in [3.05, 3.63) is 32.8 Å². The maximum Gasteiger partial charge on any atom is 0.289 e. The number of sulfonamides is 1. The van der Waals surface area contributed by atoms with Gasteiger partial charge in [0.05, 0.1) is 4.92 Å². The molecule has 1 aromatic carbocycles. The lowest BCUT2D eigenvalue weighted by atomic mass is 10.2. The van der Waals surface area contributed by atoms with Gasteiger partial charge in [0.15, 0.2) is 0 Å². The van der Waals surface area contributed by atoms with Crippen LogP contribution < -0.4 is 5.32 Å². The largest absolute Gasteiger partial charge is 0.314 e. The third-order valence-electron chi connectivity index (χ3n) is 4.77. The molecule has 0 radical (unpaired) electrons. The highest BCUT2D eigenvalue weighted by atomic mass is 35.5. The molecule has 2 fully saturated rings. The lowest BCUT2D eigenvalue weighted by Gasteiger charge is -2.32. The number of benzene rings is 1. The zero-order valence-electron chi connectivity index (χ0n) is 13.9. The van der Waals surface area contributed by atoms with E-state index in [1.54, 1.807) is 6.92 Å². The summed E-state index contributed by atoms with van der Waals surface area (Å²) in [5.74, 6) is 0. The number of halogens is 1. The molecule has 3 rings (SSSR count). The van der Waals surface area contributed by atoms with Gasteiger partial charge in [-0.2, -0.15) is 4.31 Å². The summed E-state index contributed by atoms with van der Waals surface area (Å²) in [4.78, 5) is 12.6. The first kappa shape index (κ1) is 18.5. The van der Waals surface area contributed by atoms with Crippen LogP contribution in [0.15, 0.2) is 17.0 Å². The van der Waals surface area contributed by atoms with Crippen molar-refractivity contribution in [3.63, 3.8) is 0 Å². The minimum Gasteiger partial charge on any atom is -0.314 e. The Kier molecular flexibility index (Phi) is 5.31. The number of aryl methyl sites for hydroxylation is 1. The molecule has 0 amide bonds. The number of hydrogen-bond donors (Lipinski definition) is 1. The summed E-state index contributed by atoms with van der Waals surface area (Å²) in [7, 11) is -3.86. The number of nitrogens with one attached hydrogen (secondary N) is 1. The summed E-state index contributed by atoms with van der Waals surface area (Å²) < 4.78 is 27.4. The molecule has 2 aliphatic heterocycles. The second-order valence-electron chi connectivity index (χ2n) is 6.44. The van der Waals surface area contributed by atoms with E-state index in [2.05, 4.69) is 10.2 Å². The zero-order valence-corrected chi connectivity index (χ0v) is 15.5. The van der Waals surface area contributed by atoms with Gasteiger partial charge in [0.1, 0.15) is 9.92 Å². The van der Waals surface area contributed by atoms with Gasteiger partial charge in [-0.3, -0.25) is 15.0 Å². The van der Waals surface area contributed by atoms with Crippen LogP contribution in [0.2, 0.25) is 5.02 Å². The van der Waals surface area contributed by atoms with Crippen molar-refractivity contribution in [1.29, 1.82) is 0 Å². The van der Waals surface area contributed by atoms with Crippen LogP contribution in [0.25, 0.3) is 0 Å². The normalized spacial score (nSPS) is 23.0. The van der Waals surface area contributed by atoms with Crippen LogP contribution in [0, 0.1) is 17.0 Å². The standard InChI is InChI=1S/C15H21ClN4O4S/c1-11-8-13(20(21)22)15(16)14(9-11)25(23,24)19-5-2-12(10-19)18-6-3-17-4-7-18/h8-9,12,17H,2-7,10H2,1H3. The number of hydrogen-bond acceptors (Lipinski definition) is 6. The first-order valence-corrected chi connectivity index (χ1v) is 10.0. The highest BCUT2D eigenvalue weighted by molar-refractivity contribution is 7.89. The van der Waals surface area contributed by atoms with Crippen molar-refractivity contribution in [3.8, 4) is 0 Å². The summed E-state index contributed by atoms with van der Waals surface area (Å²) >= 11 is 6.06. The summed E-state index contributed by atoms with van der Waals surface area (Å²) in [6.07, 6.45) is 0.755. The molecule has 0 spiro atoms. The molecule has 138 valence electrons. The zero-order chi connectivity index (χ0) is 18.2. The van der Waals surface area contributed by atoms with Crippen molar-refractivity contribution >= 4 is 27.3 Å². The maximum atomic E-state index is 13.0. The van der Waals surface area contributed by atoms with Gasteiger partial charge in [-0.1, -0.05) is 11.6 Å². The molecule has 0 aliphatic carbocycles. The number of nitro groups is 1. The molecule has 0 aromatic heterocycles. The summed E-state index contributed by atoms with van der Waals surface area (Å²) in [6.45, 7) is 6.01. The van der Waals surface area contributed by atoms with Crippen LogP contribution in [-0.4, -0.2) is 67.9 Å². The van der Waals surface area contributed by atoms with Crippen LogP contribution in [0.5, 0.6) is 0 Å². The van der Waals surface area contributed by atoms with Crippen molar-refractivity contribution in [2.75, 3.05) is 39.3 Å². The van der Waals surface area contributed by atoms with Crippen LogP contribution in [0.3, 0.4) is 0 Å². The minimum atomic E-state index is -3.86. The summed E-state index contributed by atoms with van der Waals surface area (Å²) in [6, 6.07) is 2.87. The van der Waals surface area contributed by atoms with E-state index in [4.69, 9.17) is 11.6 Å². The Balaban J connectivity index is 1.86. The lowest BCUT2D eigenvalue weighted by Crippen LogP contribution is -2.49. The maximum absolute atomic E-state index is 13.0. The molecule has 8 nitrogen and oxygen atoms in total. The third kappa shape index (κ3) is 3.65. The van der Waals surface area contributed by atoms with Crippen molar-refractivity contribution in [2.24, 2.45) is 0 Å². The van der Waals surface area contributed by atoms with Gasteiger partial charge in [0.2, 0.25) is 10.0 Å². The van der Waals surface area contributed by atoms with E-state index in [0.717, 1.165) is 32.6 Å². The molecule has 1 N–H and O–H groups in total. The molecule has 2 heterocycles. The fourth-order valence-corrected chi connectivity index (χ4v) is 5.58. The quantitative estimate of drug-likeness (QED) is 0.615. The highest BCUT2D eigenvalue weighted by Gasteiger charge is 2.37. The smallest absolute Gasteiger partial charge is 0.289 e. The average molecular weight is 389 g/mol. The van der Waals surface area contributed by atoms with Gasteiger partial charge in [-0.05, 0) is 25.0 Å². The Morgan fingerprint density at radius 3 is 2.60 bits per heavy atom. The number of nitrogens with zero attached hydrogens (tertiary/aromatic N) is 3. The first-order valence-electron chi connectivity index (χ1n) is 8.20. The van der Waals surface area contributed by atoms with Crippen molar-refractivity contribution in [1.82, 2.24) is 14.5 Å². The molecule has 1 atom stereocenters. The van der Waals surface area contributed by atoms with E-state index >= 15 is 0 Å². The Hall–Kier alpha value is -1.26. The van der Waals surface area contributed by atoms with Crippen LogP contribution in [-0.2, 0) is 10.0 Å². The molecule has 2 aliphatic rings. The van der Waals surface area contributed by atoms with E-state index in [0.29, 0.717) is 18.7 Å². The predicted molar refractivity (Wildman–Crippen MR) is 94.4 cm³/mol. The van der Waals surface area contributed by atoms with Gasteiger partial charge in [-0.25, -0.2) is 8.42 Å². The van der Waals surface area contributed by atoms with Gasteiger partial charge in [-0.15, -0.1) is 0 Å². The molecular weight excluding hydrogens is 368 g/mol. The first-order chi connectivity index (χ1) is 11.8. The van der Waals surface area contributed by atoms with Gasteiger partial charge < -0.3 is 5.32 Å². The fourth-order valence-electron chi connectivity index (χ4n) is 3.45. The van der Waals surface area contributed by atoms with E-state index in [1.807, 2.05) is 0 Å². The van der Waals surface area contributed by atoms with Crippen molar-refractivity contribution < 1.29 is 13.3 Å². The van der Waals surface area contributed by atoms with E-state index in [1.165, 1.54) is 16.4 Å². The van der Waals surface area contributed by atoms with E-state index < -0.39 is 14.9 Å². The Bertz CT molecular complexity index is 780. The van der Waals surface area contributed by atoms with Crippen LogP contribution >= 0.6 is 11.6 Å². The number of nitro benzene ring substituents is 1.